The van der Waals surface area contributed by atoms with Crippen LogP contribution in [0.3, 0.4) is 0 Å². The molecule has 2 unspecified atom stereocenters. The SMILES string of the molecule is O=C(O)c1ccccc1-c1ccc(C2C(c3ccccn3)NC(=S)N2Cc2ccco2)o1. The van der Waals surface area contributed by atoms with Crippen LogP contribution in [0.15, 0.2) is 88.0 Å². The summed E-state index contributed by atoms with van der Waals surface area (Å²) in [5.74, 6) is 0.889. The molecule has 1 aromatic carbocycles. The fraction of sp³-hybridized carbons (Fsp3) is 0.125. The molecule has 160 valence electrons. The van der Waals surface area contributed by atoms with E-state index in [0.29, 0.717) is 28.7 Å². The molecule has 1 saturated heterocycles. The first-order valence-electron chi connectivity index (χ1n) is 10.0. The Bertz CT molecular complexity index is 1250. The van der Waals surface area contributed by atoms with Crippen LogP contribution in [-0.4, -0.2) is 26.1 Å². The quantitative estimate of drug-likeness (QED) is 0.409. The van der Waals surface area contributed by atoms with Gasteiger partial charge in [0.25, 0.3) is 0 Å². The van der Waals surface area contributed by atoms with Crippen molar-refractivity contribution in [3.63, 3.8) is 0 Å². The van der Waals surface area contributed by atoms with Crippen LogP contribution in [0.5, 0.6) is 0 Å². The van der Waals surface area contributed by atoms with Gasteiger partial charge in [0.05, 0.1) is 30.1 Å². The van der Waals surface area contributed by atoms with Crippen molar-refractivity contribution in [2.75, 3.05) is 0 Å². The number of benzene rings is 1. The molecule has 5 rings (SSSR count). The zero-order valence-electron chi connectivity index (χ0n) is 16.8. The highest BCUT2D eigenvalue weighted by molar-refractivity contribution is 7.80. The minimum atomic E-state index is -1.01. The molecule has 0 bridgehead atoms. The molecule has 7 nitrogen and oxygen atoms in total. The Hall–Kier alpha value is -3.91. The molecule has 0 aliphatic carbocycles. The van der Waals surface area contributed by atoms with Gasteiger partial charge in [0, 0.05) is 11.8 Å². The highest BCUT2D eigenvalue weighted by atomic mass is 32.1. The number of hydrogen-bond donors (Lipinski definition) is 2. The summed E-state index contributed by atoms with van der Waals surface area (Å²) < 4.78 is 11.8. The number of furan rings is 2. The number of aromatic carboxylic acids is 1. The molecule has 0 spiro atoms. The van der Waals surface area contributed by atoms with E-state index >= 15 is 0 Å². The number of carboxylic acid groups (broad SMARTS) is 1. The Morgan fingerprint density at radius 2 is 1.94 bits per heavy atom. The normalized spacial score (nSPS) is 18.0. The molecular formula is C24H19N3O4S. The molecular weight excluding hydrogens is 426 g/mol. The number of nitrogens with one attached hydrogen (secondary N) is 1. The molecule has 4 aromatic rings. The molecule has 8 heteroatoms. The molecule has 1 aliphatic rings. The predicted octanol–water partition coefficient (Wildman–Crippen LogP) is 4.81. The lowest BCUT2D eigenvalue weighted by molar-refractivity contribution is 0.0697. The summed E-state index contributed by atoms with van der Waals surface area (Å²) in [6, 6.07) is 19.3. The number of thiocarbonyl (C=S) groups is 1. The van der Waals surface area contributed by atoms with Crippen molar-refractivity contribution in [2.24, 2.45) is 0 Å². The number of aromatic nitrogens is 1. The van der Waals surface area contributed by atoms with Gasteiger partial charge in [-0.2, -0.15) is 0 Å². The molecule has 2 atom stereocenters. The molecule has 0 saturated carbocycles. The maximum absolute atomic E-state index is 11.7. The summed E-state index contributed by atoms with van der Waals surface area (Å²) in [6.07, 6.45) is 3.37. The van der Waals surface area contributed by atoms with Crippen molar-refractivity contribution >= 4 is 23.3 Å². The number of carbonyl (C=O) groups is 1. The van der Waals surface area contributed by atoms with E-state index in [0.717, 1.165) is 11.5 Å². The molecule has 1 fully saturated rings. The summed E-state index contributed by atoms with van der Waals surface area (Å²) in [6.45, 7) is 0.453. The molecule has 1 aliphatic heterocycles. The Morgan fingerprint density at radius 1 is 1.09 bits per heavy atom. The average Bonchev–Trinajstić information content (AvgIpc) is 3.56. The highest BCUT2D eigenvalue weighted by Crippen LogP contribution is 2.41. The topological polar surface area (TPSA) is 91.7 Å². The van der Waals surface area contributed by atoms with Gasteiger partial charge in [0.1, 0.15) is 23.3 Å². The summed E-state index contributed by atoms with van der Waals surface area (Å²) >= 11 is 5.65. The van der Waals surface area contributed by atoms with Gasteiger partial charge < -0.3 is 24.2 Å². The lowest BCUT2D eigenvalue weighted by atomic mass is 10.0. The number of pyridine rings is 1. The van der Waals surface area contributed by atoms with Crippen molar-refractivity contribution in [3.8, 4) is 11.3 Å². The van der Waals surface area contributed by atoms with E-state index in [-0.39, 0.29) is 17.6 Å². The van der Waals surface area contributed by atoms with Gasteiger partial charge in [-0.1, -0.05) is 24.3 Å². The van der Waals surface area contributed by atoms with Gasteiger partial charge in [-0.15, -0.1) is 0 Å². The molecule has 0 amide bonds. The van der Waals surface area contributed by atoms with Gasteiger partial charge >= 0.3 is 5.97 Å². The van der Waals surface area contributed by atoms with E-state index in [1.165, 1.54) is 0 Å². The third kappa shape index (κ3) is 3.65. The van der Waals surface area contributed by atoms with Crippen LogP contribution in [0.2, 0.25) is 0 Å². The fourth-order valence-corrected chi connectivity index (χ4v) is 4.30. The first kappa shape index (κ1) is 20.0. The van der Waals surface area contributed by atoms with E-state index < -0.39 is 5.97 Å². The smallest absolute Gasteiger partial charge is 0.336 e. The summed E-state index contributed by atoms with van der Waals surface area (Å²) in [4.78, 5) is 18.2. The third-order valence-corrected chi connectivity index (χ3v) is 5.80. The number of nitrogens with zero attached hydrogens (tertiary/aromatic N) is 2. The van der Waals surface area contributed by atoms with Crippen LogP contribution in [0.25, 0.3) is 11.3 Å². The second-order valence-electron chi connectivity index (χ2n) is 7.39. The zero-order chi connectivity index (χ0) is 22.1. The van der Waals surface area contributed by atoms with Crippen molar-refractivity contribution in [1.29, 1.82) is 0 Å². The second kappa shape index (κ2) is 8.32. The first-order valence-corrected chi connectivity index (χ1v) is 10.5. The monoisotopic (exact) mass is 445 g/mol. The molecule has 0 radical (unpaired) electrons. The Labute approximate surface area is 189 Å². The zero-order valence-corrected chi connectivity index (χ0v) is 17.7. The third-order valence-electron chi connectivity index (χ3n) is 5.45. The predicted molar refractivity (Wildman–Crippen MR) is 121 cm³/mol. The maximum atomic E-state index is 11.7. The number of hydrogen-bond acceptors (Lipinski definition) is 5. The molecule has 32 heavy (non-hydrogen) atoms. The van der Waals surface area contributed by atoms with Gasteiger partial charge in [-0.3, -0.25) is 4.98 Å². The van der Waals surface area contributed by atoms with Crippen LogP contribution in [0.4, 0.5) is 0 Å². The highest BCUT2D eigenvalue weighted by Gasteiger charge is 2.42. The van der Waals surface area contributed by atoms with E-state index in [2.05, 4.69) is 10.3 Å². The average molecular weight is 446 g/mol. The lowest BCUT2D eigenvalue weighted by Gasteiger charge is -2.25. The summed E-state index contributed by atoms with van der Waals surface area (Å²) in [5.41, 5.74) is 1.53. The Balaban J connectivity index is 1.56. The van der Waals surface area contributed by atoms with Crippen molar-refractivity contribution in [2.45, 2.75) is 18.6 Å². The Kier molecular flexibility index (Phi) is 5.20. The van der Waals surface area contributed by atoms with Crippen LogP contribution in [0, 0.1) is 0 Å². The molecule has 2 N–H and O–H groups in total. The minimum Gasteiger partial charge on any atom is -0.478 e. The van der Waals surface area contributed by atoms with Crippen LogP contribution >= 0.6 is 12.2 Å². The molecule has 4 heterocycles. The van der Waals surface area contributed by atoms with Crippen LogP contribution in [0.1, 0.15) is 39.7 Å². The van der Waals surface area contributed by atoms with Crippen molar-refractivity contribution < 1.29 is 18.7 Å². The largest absolute Gasteiger partial charge is 0.478 e. The minimum absolute atomic E-state index is 0.183. The Morgan fingerprint density at radius 3 is 2.69 bits per heavy atom. The van der Waals surface area contributed by atoms with E-state index in [4.69, 9.17) is 21.1 Å². The van der Waals surface area contributed by atoms with E-state index in [9.17, 15) is 9.90 Å². The van der Waals surface area contributed by atoms with Gasteiger partial charge in [0.2, 0.25) is 0 Å². The van der Waals surface area contributed by atoms with Crippen LogP contribution in [-0.2, 0) is 6.54 Å². The lowest BCUT2D eigenvalue weighted by Crippen LogP contribution is -2.28. The number of rotatable bonds is 6. The second-order valence-corrected chi connectivity index (χ2v) is 7.77. The van der Waals surface area contributed by atoms with Crippen LogP contribution < -0.4 is 5.32 Å². The maximum Gasteiger partial charge on any atom is 0.336 e. The summed E-state index contributed by atoms with van der Waals surface area (Å²) in [7, 11) is 0. The number of carboxylic acids is 1. The van der Waals surface area contributed by atoms with Crippen molar-refractivity contribution in [1.82, 2.24) is 15.2 Å². The van der Waals surface area contributed by atoms with Crippen molar-refractivity contribution in [3.05, 3.63) is 102 Å². The summed E-state index contributed by atoms with van der Waals surface area (Å²) in [5, 5.41) is 13.5. The van der Waals surface area contributed by atoms with Gasteiger partial charge in [0.15, 0.2) is 5.11 Å². The van der Waals surface area contributed by atoms with Gasteiger partial charge in [-0.05, 0) is 54.7 Å². The fourth-order valence-electron chi connectivity index (χ4n) is 4.00. The standard InChI is InChI=1S/C24H19N3O4S/c28-23(29)17-8-2-1-7-16(17)19-10-11-20(31-19)22-21(18-9-3-4-12-25-18)26-24(32)27(22)14-15-6-5-13-30-15/h1-13,21-22H,14H2,(H,26,32)(H,28,29). The molecule has 3 aromatic heterocycles. The first-order chi connectivity index (χ1) is 15.6. The van der Waals surface area contributed by atoms with E-state index in [1.54, 1.807) is 42.8 Å². The van der Waals surface area contributed by atoms with E-state index in [1.807, 2.05) is 41.3 Å². The van der Waals surface area contributed by atoms with Gasteiger partial charge in [-0.25, -0.2) is 4.79 Å².